The molecule has 19 heavy (non-hydrogen) atoms. The predicted octanol–water partition coefficient (Wildman–Crippen LogP) is 2.96. The van der Waals surface area contributed by atoms with Crippen LogP contribution in [0.15, 0.2) is 18.2 Å². The number of hydrogen-bond donors (Lipinski definition) is 1. The Hall–Kier alpha value is -0.610. The van der Waals surface area contributed by atoms with Crippen molar-refractivity contribution < 1.29 is 9.47 Å². The topological polar surface area (TPSA) is 30.5 Å². The lowest BCUT2D eigenvalue weighted by atomic mass is 9.92. The molecule has 0 aliphatic carbocycles. The molecule has 1 aromatic carbocycles. The average Bonchev–Trinajstić information content (AvgIpc) is 2.83. The van der Waals surface area contributed by atoms with Crippen molar-refractivity contribution in [1.29, 1.82) is 0 Å². The summed E-state index contributed by atoms with van der Waals surface area (Å²) < 4.78 is 11.0. The number of rotatable bonds is 6. The first-order chi connectivity index (χ1) is 9.22. The van der Waals surface area contributed by atoms with Crippen molar-refractivity contribution in [2.75, 3.05) is 33.4 Å². The molecule has 106 valence electrons. The van der Waals surface area contributed by atoms with Crippen LogP contribution < -0.4 is 5.32 Å². The fraction of sp³-hybridized carbons (Fsp3) is 0.600. The van der Waals surface area contributed by atoms with E-state index in [4.69, 9.17) is 21.1 Å². The first-order valence-corrected chi connectivity index (χ1v) is 7.17. The minimum absolute atomic E-state index is 0.187. The molecule has 2 rings (SSSR count). The lowest BCUT2D eigenvalue weighted by Gasteiger charge is -2.21. The van der Waals surface area contributed by atoms with Gasteiger partial charge in [0, 0.05) is 37.7 Å². The largest absolute Gasteiger partial charge is 0.383 e. The molecular formula is C15H22ClNO2. The van der Waals surface area contributed by atoms with Gasteiger partial charge in [0.2, 0.25) is 0 Å². The minimum Gasteiger partial charge on any atom is -0.383 e. The van der Waals surface area contributed by atoms with Gasteiger partial charge >= 0.3 is 0 Å². The van der Waals surface area contributed by atoms with Gasteiger partial charge < -0.3 is 14.8 Å². The van der Waals surface area contributed by atoms with Crippen molar-refractivity contribution in [3.05, 3.63) is 34.3 Å². The summed E-state index contributed by atoms with van der Waals surface area (Å²) >= 11 is 6.01. The van der Waals surface area contributed by atoms with E-state index in [9.17, 15) is 0 Å². The van der Waals surface area contributed by atoms with Crippen molar-refractivity contribution in [2.45, 2.75) is 19.4 Å². The lowest BCUT2D eigenvalue weighted by molar-refractivity contribution is 0.0894. The van der Waals surface area contributed by atoms with Crippen LogP contribution in [-0.2, 0) is 9.47 Å². The monoisotopic (exact) mass is 283 g/mol. The average molecular weight is 284 g/mol. The number of halogens is 1. The second kappa shape index (κ2) is 7.25. The fourth-order valence-corrected chi connectivity index (χ4v) is 2.83. The molecule has 0 bridgehead atoms. The highest BCUT2D eigenvalue weighted by Crippen LogP contribution is 2.36. The van der Waals surface area contributed by atoms with Crippen LogP contribution in [0.1, 0.15) is 23.7 Å². The lowest BCUT2D eigenvalue weighted by Crippen LogP contribution is -2.27. The number of aryl methyl sites for hydroxylation is 1. The van der Waals surface area contributed by atoms with Gasteiger partial charge in [0.1, 0.15) is 0 Å². The van der Waals surface area contributed by atoms with E-state index in [0.29, 0.717) is 5.92 Å². The molecular weight excluding hydrogens is 262 g/mol. The van der Waals surface area contributed by atoms with Crippen molar-refractivity contribution >= 4 is 11.6 Å². The second-order valence-electron chi connectivity index (χ2n) is 5.04. The molecule has 1 heterocycles. The fourth-order valence-electron chi connectivity index (χ4n) is 2.61. The Morgan fingerprint density at radius 2 is 2.32 bits per heavy atom. The van der Waals surface area contributed by atoms with Crippen LogP contribution in [0.25, 0.3) is 0 Å². The van der Waals surface area contributed by atoms with Gasteiger partial charge in [-0.15, -0.1) is 0 Å². The molecule has 1 aromatic rings. The van der Waals surface area contributed by atoms with Crippen molar-refractivity contribution in [3.8, 4) is 0 Å². The molecule has 1 aliphatic rings. The molecule has 4 heteroatoms. The zero-order valence-corrected chi connectivity index (χ0v) is 12.4. The zero-order chi connectivity index (χ0) is 13.7. The van der Waals surface area contributed by atoms with Gasteiger partial charge in [0.05, 0.1) is 12.7 Å². The van der Waals surface area contributed by atoms with Crippen LogP contribution in [0.4, 0.5) is 0 Å². The summed E-state index contributed by atoms with van der Waals surface area (Å²) in [5, 5.41) is 4.21. The summed E-state index contributed by atoms with van der Waals surface area (Å²) in [6.45, 7) is 5.54. The van der Waals surface area contributed by atoms with Crippen LogP contribution >= 0.6 is 11.6 Å². The van der Waals surface area contributed by atoms with E-state index in [1.54, 1.807) is 7.11 Å². The van der Waals surface area contributed by atoms with E-state index in [2.05, 4.69) is 18.3 Å². The number of methoxy groups -OCH3 is 1. The summed E-state index contributed by atoms with van der Waals surface area (Å²) in [6.07, 6.45) is 1.29. The Labute approximate surface area is 120 Å². The highest BCUT2D eigenvalue weighted by atomic mass is 35.5. The molecule has 0 amide bonds. The highest BCUT2D eigenvalue weighted by molar-refractivity contribution is 6.30. The summed E-state index contributed by atoms with van der Waals surface area (Å²) in [5.74, 6) is 0.525. The van der Waals surface area contributed by atoms with Gasteiger partial charge in [0.15, 0.2) is 0 Å². The third-order valence-electron chi connectivity index (χ3n) is 3.64. The van der Waals surface area contributed by atoms with E-state index in [1.165, 1.54) is 11.1 Å². The standard InChI is InChI=1S/C15H22ClNO2/c1-11-9-13(16)3-4-14(11)15-12(5-7-19-15)10-17-6-8-18-2/h3-4,9,12,15,17H,5-8,10H2,1-2H3. The van der Waals surface area contributed by atoms with Crippen LogP contribution in [0.2, 0.25) is 5.02 Å². The molecule has 0 spiro atoms. The molecule has 1 fully saturated rings. The first kappa shape index (κ1) is 14.8. The van der Waals surface area contributed by atoms with Gasteiger partial charge in [-0.05, 0) is 36.6 Å². The Morgan fingerprint density at radius 3 is 3.05 bits per heavy atom. The Balaban J connectivity index is 1.97. The Morgan fingerprint density at radius 1 is 1.47 bits per heavy atom. The molecule has 2 atom stereocenters. The van der Waals surface area contributed by atoms with Gasteiger partial charge in [-0.1, -0.05) is 17.7 Å². The number of ether oxygens (including phenoxy) is 2. The molecule has 2 unspecified atom stereocenters. The summed E-state index contributed by atoms with van der Waals surface area (Å²) in [6, 6.07) is 6.05. The number of nitrogens with one attached hydrogen (secondary N) is 1. The van der Waals surface area contributed by atoms with Gasteiger partial charge in [-0.25, -0.2) is 0 Å². The molecule has 1 N–H and O–H groups in total. The minimum atomic E-state index is 0.187. The molecule has 0 radical (unpaired) electrons. The molecule has 0 saturated carbocycles. The summed E-state index contributed by atoms with van der Waals surface area (Å²) in [7, 11) is 1.72. The maximum atomic E-state index is 6.01. The van der Waals surface area contributed by atoms with Crippen LogP contribution in [0.3, 0.4) is 0 Å². The quantitative estimate of drug-likeness (QED) is 0.814. The second-order valence-corrected chi connectivity index (χ2v) is 5.47. The van der Waals surface area contributed by atoms with Crippen molar-refractivity contribution in [2.24, 2.45) is 5.92 Å². The van der Waals surface area contributed by atoms with E-state index in [-0.39, 0.29) is 6.10 Å². The normalized spacial score (nSPS) is 22.9. The van der Waals surface area contributed by atoms with Gasteiger partial charge in [0.25, 0.3) is 0 Å². The molecule has 0 aromatic heterocycles. The van der Waals surface area contributed by atoms with Crippen LogP contribution in [-0.4, -0.2) is 33.4 Å². The van der Waals surface area contributed by atoms with Gasteiger partial charge in [-0.2, -0.15) is 0 Å². The van der Waals surface area contributed by atoms with E-state index >= 15 is 0 Å². The third-order valence-corrected chi connectivity index (χ3v) is 3.88. The highest BCUT2D eigenvalue weighted by Gasteiger charge is 2.30. The SMILES string of the molecule is COCCNCC1CCOC1c1ccc(Cl)cc1C. The maximum absolute atomic E-state index is 6.01. The van der Waals surface area contributed by atoms with E-state index < -0.39 is 0 Å². The number of hydrogen-bond acceptors (Lipinski definition) is 3. The molecule has 1 aliphatic heterocycles. The summed E-state index contributed by atoms with van der Waals surface area (Å²) in [4.78, 5) is 0. The molecule has 3 nitrogen and oxygen atoms in total. The smallest absolute Gasteiger partial charge is 0.0868 e. The third kappa shape index (κ3) is 3.93. The predicted molar refractivity (Wildman–Crippen MR) is 77.7 cm³/mol. The van der Waals surface area contributed by atoms with Crippen molar-refractivity contribution in [1.82, 2.24) is 5.32 Å². The zero-order valence-electron chi connectivity index (χ0n) is 11.6. The van der Waals surface area contributed by atoms with E-state index in [1.807, 2.05) is 12.1 Å². The van der Waals surface area contributed by atoms with E-state index in [0.717, 1.165) is 37.7 Å². The first-order valence-electron chi connectivity index (χ1n) is 6.79. The summed E-state index contributed by atoms with van der Waals surface area (Å²) in [5.41, 5.74) is 2.47. The molecule has 1 saturated heterocycles. The van der Waals surface area contributed by atoms with Crippen LogP contribution in [0.5, 0.6) is 0 Å². The van der Waals surface area contributed by atoms with Crippen LogP contribution in [0, 0.1) is 12.8 Å². The Bertz CT molecular complexity index is 411. The number of benzene rings is 1. The van der Waals surface area contributed by atoms with Gasteiger partial charge in [-0.3, -0.25) is 0 Å². The maximum Gasteiger partial charge on any atom is 0.0868 e. The Kier molecular flexibility index (Phi) is 5.64. The van der Waals surface area contributed by atoms with Crippen molar-refractivity contribution in [3.63, 3.8) is 0 Å².